The average Bonchev–Trinajstić information content (AvgIpc) is 2.40. The fourth-order valence-corrected chi connectivity index (χ4v) is 2.14. The molecule has 1 unspecified atom stereocenters. The number of nitrogens with two attached hydrogens (primary N) is 1. The van der Waals surface area contributed by atoms with Gasteiger partial charge in [-0.1, -0.05) is 6.07 Å². The lowest BCUT2D eigenvalue weighted by molar-refractivity contribution is 0.398. The molecule has 1 heterocycles. The molecule has 0 spiro atoms. The second-order valence-corrected chi connectivity index (χ2v) is 5.05. The van der Waals surface area contributed by atoms with Crippen LogP contribution in [0, 0.1) is 5.82 Å². The zero-order valence-electron chi connectivity index (χ0n) is 10.4. The van der Waals surface area contributed by atoms with Gasteiger partial charge in [-0.25, -0.2) is 4.39 Å². The van der Waals surface area contributed by atoms with Crippen molar-refractivity contribution in [2.45, 2.75) is 12.5 Å². The first-order valence-electron chi connectivity index (χ1n) is 5.80. The summed E-state index contributed by atoms with van der Waals surface area (Å²) in [5.74, 6) is 0.105. The van der Waals surface area contributed by atoms with E-state index in [1.54, 1.807) is 18.3 Å². The Morgan fingerprint density at radius 2 is 2.16 bits per heavy atom. The SMILES string of the molecule is COc1cccc(F)c1C(N)Cc1ccc(Br)cn1. The van der Waals surface area contributed by atoms with E-state index in [9.17, 15) is 4.39 Å². The monoisotopic (exact) mass is 324 g/mol. The molecule has 3 nitrogen and oxygen atoms in total. The Bertz CT molecular complexity index is 560. The molecule has 0 aliphatic rings. The zero-order chi connectivity index (χ0) is 13.8. The van der Waals surface area contributed by atoms with Crippen molar-refractivity contribution in [3.8, 4) is 5.75 Å². The molecule has 2 aromatic rings. The summed E-state index contributed by atoms with van der Waals surface area (Å²) in [6.45, 7) is 0. The standard InChI is InChI=1S/C14H14BrFN2O/c1-19-13-4-2-3-11(16)14(13)12(17)7-10-6-5-9(15)8-18-10/h2-6,8,12H,7,17H2,1H3. The highest BCUT2D eigenvalue weighted by molar-refractivity contribution is 9.10. The molecular weight excluding hydrogens is 311 g/mol. The van der Waals surface area contributed by atoms with E-state index in [0.29, 0.717) is 17.7 Å². The first-order valence-corrected chi connectivity index (χ1v) is 6.59. The number of rotatable bonds is 4. The number of pyridine rings is 1. The van der Waals surface area contributed by atoms with Gasteiger partial charge < -0.3 is 10.5 Å². The molecule has 0 aliphatic heterocycles. The van der Waals surface area contributed by atoms with E-state index < -0.39 is 6.04 Å². The predicted molar refractivity (Wildman–Crippen MR) is 75.5 cm³/mol. The number of methoxy groups -OCH3 is 1. The summed E-state index contributed by atoms with van der Waals surface area (Å²) in [7, 11) is 1.50. The normalized spacial score (nSPS) is 12.2. The summed E-state index contributed by atoms with van der Waals surface area (Å²) in [4.78, 5) is 4.24. The minimum Gasteiger partial charge on any atom is -0.496 e. The molecule has 100 valence electrons. The Kier molecular flexibility index (Phi) is 4.50. The second-order valence-electron chi connectivity index (χ2n) is 4.13. The van der Waals surface area contributed by atoms with E-state index in [-0.39, 0.29) is 5.82 Å². The van der Waals surface area contributed by atoms with Gasteiger partial charge in [0.15, 0.2) is 0 Å². The highest BCUT2D eigenvalue weighted by Crippen LogP contribution is 2.28. The van der Waals surface area contributed by atoms with Gasteiger partial charge in [-0.05, 0) is 40.2 Å². The largest absolute Gasteiger partial charge is 0.496 e. The van der Waals surface area contributed by atoms with Crippen molar-refractivity contribution in [3.05, 3.63) is 58.1 Å². The summed E-state index contributed by atoms with van der Waals surface area (Å²) >= 11 is 3.32. The quantitative estimate of drug-likeness (QED) is 0.939. The molecule has 5 heteroatoms. The lowest BCUT2D eigenvalue weighted by atomic mass is 10.0. The summed E-state index contributed by atoms with van der Waals surface area (Å²) < 4.78 is 19.9. The van der Waals surface area contributed by atoms with E-state index in [0.717, 1.165) is 10.2 Å². The van der Waals surface area contributed by atoms with Crippen LogP contribution in [0.5, 0.6) is 5.75 Å². The van der Waals surface area contributed by atoms with Crippen LogP contribution in [-0.2, 0) is 6.42 Å². The minimum absolute atomic E-state index is 0.357. The van der Waals surface area contributed by atoms with Crippen molar-refractivity contribution in [1.29, 1.82) is 0 Å². The fraction of sp³-hybridized carbons (Fsp3) is 0.214. The van der Waals surface area contributed by atoms with Gasteiger partial charge in [0.1, 0.15) is 11.6 Å². The number of hydrogen-bond acceptors (Lipinski definition) is 3. The smallest absolute Gasteiger partial charge is 0.131 e. The van der Waals surface area contributed by atoms with Crippen LogP contribution in [0.2, 0.25) is 0 Å². The summed E-state index contributed by atoms with van der Waals surface area (Å²) in [5, 5.41) is 0. The third-order valence-electron chi connectivity index (χ3n) is 2.82. The zero-order valence-corrected chi connectivity index (χ0v) is 12.0. The third-order valence-corrected chi connectivity index (χ3v) is 3.29. The first-order chi connectivity index (χ1) is 9.11. The number of nitrogens with zero attached hydrogens (tertiary/aromatic N) is 1. The molecule has 0 saturated heterocycles. The minimum atomic E-state index is -0.496. The van der Waals surface area contributed by atoms with Crippen LogP contribution in [0.4, 0.5) is 4.39 Å². The van der Waals surface area contributed by atoms with E-state index in [4.69, 9.17) is 10.5 Å². The van der Waals surface area contributed by atoms with Gasteiger partial charge in [-0.2, -0.15) is 0 Å². The molecule has 0 amide bonds. The second kappa shape index (κ2) is 6.12. The van der Waals surface area contributed by atoms with Gasteiger partial charge in [0, 0.05) is 34.4 Å². The van der Waals surface area contributed by atoms with Crippen LogP contribution in [0.25, 0.3) is 0 Å². The lowest BCUT2D eigenvalue weighted by Gasteiger charge is -2.16. The van der Waals surface area contributed by atoms with Crippen molar-refractivity contribution in [2.75, 3.05) is 7.11 Å². The van der Waals surface area contributed by atoms with Crippen molar-refractivity contribution in [1.82, 2.24) is 4.98 Å². The molecule has 2 rings (SSSR count). The molecule has 0 bridgehead atoms. The molecule has 0 radical (unpaired) electrons. The van der Waals surface area contributed by atoms with Crippen molar-refractivity contribution in [3.63, 3.8) is 0 Å². The maximum absolute atomic E-state index is 13.9. The van der Waals surface area contributed by atoms with E-state index in [2.05, 4.69) is 20.9 Å². The molecule has 1 aromatic heterocycles. The van der Waals surface area contributed by atoms with Crippen molar-refractivity contribution < 1.29 is 9.13 Å². The highest BCUT2D eigenvalue weighted by Gasteiger charge is 2.17. The van der Waals surface area contributed by atoms with Gasteiger partial charge in [-0.15, -0.1) is 0 Å². The average molecular weight is 325 g/mol. The Labute approximate surface area is 119 Å². The van der Waals surface area contributed by atoms with Crippen molar-refractivity contribution >= 4 is 15.9 Å². The van der Waals surface area contributed by atoms with E-state index in [1.807, 2.05) is 12.1 Å². The number of benzene rings is 1. The Morgan fingerprint density at radius 3 is 2.79 bits per heavy atom. The maximum atomic E-state index is 13.9. The van der Waals surface area contributed by atoms with Crippen LogP contribution in [0.15, 0.2) is 41.0 Å². The van der Waals surface area contributed by atoms with Crippen LogP contribution in [0.1, 0.15) is 17.3 Å². The Balaban J connectivity index is 2.24. The number of halogens is 2. The molecule has 0 aliphatic carbocycles. The molecule has 19 heavy (non-hydrogen) atoms. The van der Waals surface area contributed by atoms with E-state index in [1.165, 1.54) is 13.2 Å². The van der Waals surface area contributed by atoms with Crippen molar-refractivity contribution in [2.24, 2.45) is 5.73 Å². The summed E-state index contributed by atoms with van der Waals surface area (Å²) in [6, 6.07) is 7.93. The van der Waals surface area contributed by atoms with Gasteiger partial charge in [0.05, 0.1) is 7.11 Å². The molecule has 0 fully saturated rings. The number of ether oxygens (including phenoxy) is 1. The van der Waals surface area contributed by atoms with Crippen LogP contribution >= 0.6 is 15.9 Å². The highest BCUT2D eigenvalue weighted by atomic mass is 79.9. The first kappa shape index (κ1) is 14.0. The van der Waals surface area contributed by atoms with Gasteiger partial charge >= 0.3 is 0 Å². The van der Waals surface area contributed by atoms with Crippen LogP contribution in [0.3, 0.4) is 0 Å². The number of aromatic nitrogens is 1. The van der Waals surface area contributed by atoms with Gasteiger partial charge in [-0.3, -0.25) is 4.98 Å². The lowest BCUT2D eigenvalue weighted by Crippen LogP contribution is -2.16. The molecule has 1 atom stereocenters. The van der Waals surface area contributed by atoms with Gasteiger partial charge in [0.25, 0.3) is 0 Å². The third kappa shape index (κ3) is 3.30. The topological polar surface area (TPSA) is 48.1 Å². The molecule has 1 aromatic carbocycles. The van der Waals surface area contributed by atoms with Gasteiger partial charge in [0.2, 0.25) is 0 Å². The summed E-state index contributed by atoms with van der Waals surface area (Å²) in [5.41, 5.74) is 7.26. The number of hydrogen-bond donors (Lipinski definition) is 1. The predicted octanol–water partition coefficient (Wildman–Crippen LogP) is 3.23. The van der Waals surface area contributed by atoms with Crippen LogP contribution < -0.4 is 10.5 Å². The van der Waals surface area contributed by atoms with Crippen LogP contribution in [-0.4, -0.2) is 12.1 Å². The molecule has 0 saturated carbocycles. The van der Waals surface area contributed by atoms with E-state index >= 15 is 0 Å². The Morgan fingerprint density at radius 1 is 1.37 bits per heavy atom. The summed E-state index contributed by atoms with van der Waals surface area (Å²) in [6.07, 6.45) is 2.14. The Hall–Kier alpha value is -1.46. The molecular formula is C14H14BrFN2O. The molecule has 2 N–H and O–H groups in total. The fourth-order valence-electron chi connectivity index (χ4n) is 1.91. The maximum Gasteiger partial charge on any atom is 0.131 e.